The Morgan fingerprint density at radius 1 is 1.32 bits per heavy atom. The molecule has 2 N–H and O–H groups in total. The Labute approximate surface area is 122 Å². The van der Waals surface area contributed by atoms with Gasteiger partial charge in [-0.15, -0.1) is 0 Å². The lowest BCUT2D eigenvalue weighted by Gasteiger charge is -2.16. The molecular weight excluding hydrogens is 310 g/mol. The van der Waals surface area contributed by atoms with E-state index < -0.39 is 29.8 Å². The molecule has 122 valence electrons. The predicted molar refractivity (Wildman–Crippen MR) is 70.5 cm³/mol. The molecule has 0 aliphatic carbocycles. The number of carbonyl (C=O) groups excluding carboxylic acids is 1. The van der Waals surface area contributed by atoms with E-state index in [0.29, 0.717) is 5.56 Å². The number of aryl methyl sites for hydroxylation is 2. The summed E-state index contributed by atoms with van der Waals surface area (Å²) in [4.78, 5) is 21.6. The first-order valence-electron chi connectivity index (χ1n) is 6.01. The van der Waals surface area contributed by atoms with E-state index in [-0.39, 0.29) is 16.9 Å². The zero-order valence-electron chi connectivity index (χ0n) is 11.6. The Morgan fingerprint density at radius 3 is 2.41 bits per heavy atom. The molecular formula is C12H13F4N3O3. The van der Waals surface area contributed by atoms with Crippen molar-refractivity contribution in [2.75, 3.05) is 11.9 Å². The summed E-state index contributed by atoms with van der Waals surface area (Å²) < 4.78 is 49.2. The van der Waals surface area contributed by atoms with Crippen LogP contribution in [-0.4, -0.2) is 29.8 Å². The third-order valence-electron chi connectivity index (χ3n) is 2.79. The Balaban J connectivity index is 2.77. The number of hydrogen-bond donors (Lipinski definition) is 2. The number of alkyl halides is 4. The van der Waals surface area contributed by atoms with Crippen molar-refractivity contribution in [1.29, 1.82) is 0 Å². The fraction of sp³-hybridized carbons (Fsp3) is 0.417. The van der Waals surface area contributed by atoms with E-state index in [0.717, 1.165) is 0 Å². The van der Waals surface area contributed by atoms with Gasteiger partial charge in [0.1, 0.15) is 0 Å². The molecule has 0 bridgehead atoms. The topological polar surface area (TPSA) is 84.3 Å². The first kappa shape index (κ1) is 17.7. The van der Waals surface area contributed by atoms with Gasteiger partial charge >= 0.3 is 18.4 Å². The fourth-order valence-corrected chi connectivity index (χ4v) is 1.57. The van der Waals surface area contributed by atoms with E-state index in [2.05, 4.69) is 5.32 Å². The molecule has 10 heteroatoms. The normalized spacial score (nSPS) is 11.4. The van der Waals surface area contributed by atoms with E-state index in [4.69, 9.17) is 0 Å². The molecule has 0 unspecified atom stereocenters. The van der Waals surface area contributed by atoms with Gasteiger partial charge in [-0.1, -0.05) is 0 Å². The maximum absolute atomic E-state index is 12.7. The van der Waals surface area contributed by atoms with Crippen LogP contribution < -0.4 is 10.6 Å². The van der Waals surface area contributed by atoms with Crippen LogP contribution in [0, 0.1) is 24.0 Å². The second-order valence-corrected chi connectivity index (χ2v) is 4.58. The molecule has 1 aromatic carbocycles. The summed E-state index contributed by atoms with van der Waals surface area (Å²) in [5.41, 5.74) is 0.575. The average Bonchev–Trinajstić information content (AvgIpc) is 2.39. The van der Waals surface area contributed by atoms with Gasteiger partial charge in [-0.05, 0) is 25.5 Å². The Kier molecular flexibility index (Phi) is 5.28. The van der Waals surface area contributed by atoms with Crippen LogP contribution in [0.2, 0.25) is 0 Å². The second kappa shape index (κ2) is 6.58. The lowest BCUT2D eigenvalue weighted by atomic mass is 10.1. The van der Waals surface area contributed by atoms with E-state index >= 15 is 0 Å². The maximum atomic E-state index is 12.7. The summed E-state index contributed by atoms with van der Waals surface area (Å²) in [5.74, 6) is -4.34. The summed E-state index contributed by atoms with van der Waals surface area (Å²) in [7, 11) is 0. The molecule has 0 heterocycles. The summed E-state index contributed by atoms with van der Waals surface area (Å²) in [6.45, 7) is 1.38. The number of amides is 2. The van der Waals surface area contributed by atoms with Crippen LogP contribution in [0.3, 0.4) is 0 Å². The molecule has 1 aromatic rings. The standard InChI is InChI=1S/C12H13F4N3O3/c1-6-4-9(19(21)22)7(2)3-8(6)18-11(20)17-5-12(15,16)10(13)14/h3-4,10H,5H2,1-2H3,(H2,17,18,20). The molecule has 0 aliphatic rings. The molecule has 0 spiro atoms. The summed E-state index contributed by atoms with van der Waals surface area (Å²) >= 11 is 0. The highest BCUT2D eigenvalue weighted by Gasteiger charge is 2.40. The highest BCUT2D eigenvalue weighted by atomic mass is 19.3. The molecule has 0 saturated heterocycles. The molecule has 2 amide bonds. The van der Waals surface area contributed by atoms with Crippen LogP contribution >= 0.6 is 0 Å². The van der Waals surface area contributed by atoms with E-state index in [9.17, 15) is 32.5 Å². The van der Waals surface area contributed by atoms with Crippen LogP contribution in [0.25, 0.3) is 0 Å². The van der Waals surface area contributed by atoms with E-state index in [1.165, 1.54) is 26.0 Å². The summed E-state index contributed by atoms with van der Waals surface area (Å²) in [6.07, 6.45) is -3.89. The van der Waals surface area contributed by atoms with Crippen molar-refractivity contribution < 1.29 is 27.3 Å². The van der Waals surface area contributed by atoms with Gasteiger partial charge in [-0.25, -0.2) is 13.6 Å². The van der Waals surface area contributed by atoms with Crippen LogP contribution in [-0.2, 0) is 0 Å². The number of rotatable bonds is 5. The number of benzene rings is 1. The fourth-order valence-electron chi connectivity index (χ4n) is 1.57. The second-order valence-electron chi connectivity index (χ2n) is 4.58. The van der Waals surface area contributed by atoms with Gasteiger partial charge in [0.25, 0.3) is 5.69 Å². The van der Waals surface area contributed by atoms with Crippen molar-refractivity contribution in [2.24, 2.45) is 0 Å². The molecule has 0 atom stereocenters. The first-order chi connectivity index (χ1) is 10.0. The molecule has 0 saturated carbocycles. The van der Waals surface area contributed by atoms with Gasteiger partial charge in [-0.3, -0.25) is 10.1 Å². The highest BCUT2D eigenvalue weighted by Crippen LogP contribution is 2.26. The van der Waals surface area contributed by atoms with Gasteiger partial charge in [0.05, 0.1) is 11.5 Å². The smallest absolute Gasteiger partial charge is 0.324 e. The largest absolute Gasteiger partial charge is 0.332 e. The molecule has 22 heavy (non-hydrogen) atoms. The molecule has 1 rings (SSSR count). The van der Waals surface area contributed by atoms with Crippen LogP contribution in [0.15, 0.2) is 12.1 Å². The van der Waals surface area contributed by atoms with Gasteiger partial charge < -0.3 is 10.6 Å². The number of carbonyl (C=O) groups is 1. The quantitative estimate of drug-likeness (QED) is 0.496. The van der Waals surface area contributed by atoms with Gasteiger partial charge in [0.2, 0.25) is 0 Å². The Hall–Kier alpha value is -2.39. The number of hydrogen-bond acceptors (Lipinski definition) is 3. The maximum Gasteiger partial charge on any atom is 0.324 e. The molecule has 6 nitrogen and oxygen atoms in total. The monoisotopic (exact) mass is 323 g/mol. The number of nitrogens with one attached hydrogen (secondary N) is 2. The number of nitro benzene ring substituents is 1. The molecule has 0 aromatic heterocycles. The number of halogens is 4. The first-order valence-corrected chi connectivity index (χ1v) is 6.01. The van der Waals surface area contributed by atoms with Crippen molar-refractivity contribution in [2.45, 2.75) is 26.2 Å². The lowest BCUT2D eigenvalue weighted by molar-refractivity contribution is -0.385. The van der Waals surface area contributed by atoms with Crippen LogP contribution in [0.1, 0.15) is 11.1 Å². The minimum atomic E-state index is -4.34. The SMILES string of the molecule is Cc1cc([N+](=O)[O-])c(C)cc1NC(=O)NCC(F)(F)C(F)F. The van der Waals surface area contributed by atoms with Crippen molar-refractivity contribution in [1.82, 2.24) is 5.32 Å². The van der Waals surface area contributed by atoms with Crippen LogP contribution in [0.4, 0.5) is 33.7 Å². The number of nitro groups is 1. The Bertz CT molecular complexity index is 593. The zero-order chi connectivity index (χ0) is 17.1. The van der Waals surface area contributed by atoms with E-state index in [1.54, 1.807) is 5.32 Å². The van der Waals surface area contributed by atoms with Crippen molar-refractivity contribution in [3.8, 4) is 0 Å². The predicted octanol–water partition coefficient (Wildman–Crippen LogP) is 3.23. The number of urea groups is 1. The zero-order valence-corrected chi connectivity index (χ0v) is 11.6. The van der Waals surface area contributed by atoms with Gasteiger partial charge in [0.15, 0.2) is 0 Å². The number of anilines is 1. The summed E-state index contributed by atoms with van der Waals surface area (Å²) in [5, 5.41) is 14.5. The van der Waals surface area contributed by atoms with E-state index in [1.807, 2.05) is 0 Å². The van der Waals surface area contributed by atoms with Gasteiger partial charge in [-0.2, -0.15) is 8.78 Å². The number of nitrogens with zero attached hydrogens (tertiary/aromatic N) is 1. The van der Waals surface area contributed by atoms with Crippen molar-refractivity contribution in [3.63, 3.8) is 0 Å². The van der Waals surface area contributed by atoms with Crippen LogP contribution in [0.5, 0.6) is 0 Å². The molecule has 0 radical (unpaired) electrons. The van der Waals surface area contributed by atoms with Crippen molar-refractivity contribution >= 4 is 17.4 Å². The molecule has 0 fully saturated rings. The molecule has 0 aliphatic heterocycles. The Morgan fingerprint density at radius 2 is 1.91 bits per heavy atom. The minimum absolute atomic E-state index is 0.154. The highest BCUT2D eigenvalue weighted by molar-refractivity contribution is 5.90. The minimum Gasteiger partial charge on any atom is -0.332 e. The third-order valence-corrected chi connectivity index (χ3v) is 2.79. The lowest BCUT2D eigenvalue weighted by Crippen LogP contribution is -2.43. The summed E-state index contributed by atoms with van der Waals surface area (Å²) in [6, 6.07) is 1.38. The van der Waals surface area contributed by atoms with Gasteiger partial charge in [0, 0.05) is 17.3 Å². The van der Waals surface area contributed by atoms with Crippen molar-refractivity contribution in [3.05, 3.63) is 33.4 Å². The third kappa shape index (κ3) is 4.30. The average molecular weight is 323 g/mol.